The van der Waals surface area contributed by atoms with Crippen molar-refractivity contribution in [1.82, 2.24) is 4.98 Å². The van der Waals surface area contributed by atoms with Crippen molar-refractivity contribution in [2.24, 2.45) is 0 Å². The molecule has 0 saturated heterocycles. The molecule has 0 fully saturated rings. The Kier molecular flexibility index (Phi) is 3.14. The third-order valence-corrected chi connectivity index (χ3v) is 3.30. The zero-order valence-corrected chi connectivity index (χ0v) is 11.5. The molecule has 3 rings (SSSR count). The monoisotopic (exact) mass is 268 g/mol. The Morgan fingerprint density at radius 1 is 1.35 bits per heavy atom. The van der Waals surface area contributed by atoms with E-state index >= 15 is 0 Å². The van der Waals surface area contributed by atoms with E-state index in [2.05, 4.69) is 4.98 Å². The van der Waals surface area contributed by atoms with Gasteiger partial charge in [0.1, 0.15) is 17.5 Å². The van der Waals surface area contributed by atoms with Gasteiger partial charge in [0, 0.05) is 6.20 Å². The van der Waals surface area contributed by atoms with Gasteiger partial charge in [0.2, 0.25) is 0 Å². The number of carbonyl (C=O) groups excluding carboxylic acids is 1. The van der Waals surface area contributed by atoms with Crippen molar-refractivity contribution < 1.29 is 9.53 Å². The maximum Gasteiger partial charge on any atom is 0.277 e. The van der Waals surface area contributed by atoms with Crippen LogP contribution in [0.5, 0.6) is 5.75 Å². The fraction of sp³-hybridized carbons (Fsp3) is 0.250. The SMILES string of the molecule is Cc1ccc2c(c1)N(C(=O)c1ccccn1)C[C@@H](C)O2. The van der Waals surface area contributed by atoms with Crippen LogP contribution in [0, 0.1) is 6.92 Å². The van der Waals surface area contributed by atoms with E-state index in [0.29, 0.717) is 12.2 Å². The summed E-state index contributed by atoms with van der Waals surface area (Å²) in [6.45, 7) is 4.50. The van der Waals surface area contributed by atoms with Crippen LogP contribution in [0.15, 0.2) is 42.6 Å². The standard InChI is InChI=1S/C16H16N2O2/c1-11-6-7-15-14(9-11)18(10-12(2)20-15)16(19)13-5-3-4-8-17-13/h3-9,12H,10H2,1-2H3/t12-/m1/s1. The summed E-state index contributed by atoms with van der Waals surface area (Å²) in [5, 5.41) is 0. The van der Waals surface area contributed by atoms with Gasteiger partial charge in [-0.2, -0.15) is 0 Å². The van der Waals surface area contributed by atoms with Crippen molar-refractivity contribution in [1.29, 1.82) is 0 Å². The molecule has 0 radical (unpaired) electrons. The molecular weight excluding hydrogens is 252 g/mol. The van der Waals surface area contributed by atoms with E-state index in [1.54, 1.807) is 23.2 Å². The lowest BCUT2D eigenvalue weighted by Gasteiger charge is -2.33. The first kappa shape index (κ1) is 12.7. The molecule has 1 aromatic heterocycles. The van der Waals surface area contributed by atoms with Gasteiger partial charge in [-0.3, -0.25) is 14.7 Å². The van der Waals surface area contributed by atoms with Crippen molar-refractivity contribution in [3.63, 3.8) is 0 Å². The highest BCUT2D eigenvalue weighted by molar-refractivity contribution is 6.06. The summed E-state index contributed by atoms with van der Waals surface area (Å²) in [6.07, 6.45) is 1.60. The lowest BCUT2D eigenvalue weighted by molar-refractivity contribution is 0.0956. The molecule has 0 spiro atoms. The molecule has 0 saturated carbocycles. The number of ether oxygens (including phenoxy) is 1. The van der Waals surface area contributed by atoms with E-state index in [4.69, 9.17) is 4.74 Å². The van der Waals surface area contributed by atoms with E-state index in [-0.39, 0.29) is 12.0 Å². The molecule has 0 unspecified atom stereocenters. The highest BCUT2D eigenvalue weighted by Crippen LogP contribution is 2.34. The van der Waals surface area contributed by atoms with Crippen LogP contribution in [-0.2, 0) is 0 Å². The fourth-order valence-corrected chi connectivity index (χ4v) is 2.37. The smallest absolute Gasteiger partial charge is 0.277 e. The molecule has 0 bridgehead atoms. The highest BCUT2D eigenvalue weighted by Gasteiger charge is 2.28. The van der Waals surface area contributed by atoms with Gasteiger partial charge in [-0.1, -0.05) is 12.1 Å². The van der Waals surface area contributed by atoms with Gasteiger partial charge in [-0.25, -0.2) is 0 Å². The summed E-state index contributed by atoms with van der Waals surface area (Å²) in [4.78, 5) is 18.5. The number of pyridine rings is 1. The minimum Gasteiger partial charge on any atom is -0.487 e. The number of anilines is 1. The van der Waals surface area contributed by atoms with Crippen LogP contribution in [-0.4, -0.2) is 23.5 Å². The normalized spacial score (nSPS) is 17.3. The molecular formula is C16H16N2O2. The minimum absolute atomic E-state index is 0.0298. The number of fused-ring (bicyclic) bond motifs is 1. The predicted molar refractivity (Wildman–Crippen MR) is 77.2 cm³/mol. The second kappa shape index (κ2) is 4.96. The van der Waals surface area contributed by atoms with Gasteiger partial charge < -0.3 is 4.74 Å². The molecule has 1 amide bonds. The summed E-state index contributed by atoms with van der Waals surface area (Å²) in [5.41, 5.74) is 2.37. The second-order valence-corrected chi connectivity index (χ2v) is 5.03. The van der Waals surface area contributed by atoms with Gasteiger partial charge in [-0.15, -0.1) is 0 Å². The molecule has 4 nitrogen and oxygen atoms in total. The second-order valence-electron chi connectivity index (χ2n) is 5.03. The topological polar surface area (TPSA) is 42.4 Å². The summed E-state index contributed by atoms with van der Waals surface area (Å²) in [5.74, 6) is 0.659. The van der Waals surface area contributed by atoms with Crippen LogP contribution >= 0.6 is 0 Å². The Morgan fingerprint density at radius 3 is 2.95 bits per heavy atom. The number of carbonyl (C=O) groups is 1. The maximum atomic E-state index is 12.6. The Morgan fingerprint density at radius 2 is 2.20 bits per heavy atom. The van der Waals surface area contributed by atoms with Crippen LogP contribution in [0.4, 0.5) is 5.69 Å². The molecule has 1 aliphatic heterocycles. The predicted octanol–water partition coefficient (Wildman–Crippen LogP) is 2.82. The highest BCUT2D eigenvalue weighted by atomic mass is 16.5. The maximum absolute atomic E-state index is 12.6. The van der Waals surface area contributed by atoms with Crippen LogP contribution < -0.4 is 9.64 Å². The quantitative estimate of drug-likeness (QED) is 0.798. The minimum atomic E-state index is -0.0902. The number of aromatic nitrogens is 1. The summed E-state index contributed by atoms with van der Waals surface area (Å²) >= 11 is 0. The number of nitrogens with zero attached hydrogens (tertiary/aromatic N) is 2. The molecule has 20 heavy (non-hydrogen) atoms. The third-order valence-electron chi connectivity index (χ3n) is 3.30. The van der Waals surface area contributed by atoms with Crippen molar-refractivity contribution in [2.75, 3.05) is 11.4 Å². The Labute approximate surface area is 118 Å². The van der Waals surface area contributed by atoms with E-state index in [1.165, 1.54) is 0 Å². The van der Waals surface area contributed by atoms with Crippen molar-refractivity contribution in [3.8, 4) is 5.75 Å². The van der Waals surface area contributed by atoms with Gasteiger partial charge in [0.15, 0.2) is 0 Å². The molecule has 102 valence electrons. The van der Waals surface area contributed by atoms with Gasteiger partial charge in [0.05, 0.1) is 12.2 Å². The van der Waals surface area contributed by atoms with E-state index in [0.717, 1.165) is 17.0 Å². The average molecular weight is 268 g/mol. The van der Waals surface area contributed by atoms with Crippen molar-refractivity contribution >= 4 is 11.6 Å². The molecule has 1 atom stereocenters. The lowest BCUT2D eigenvalue weighted by atomic mass is 10.1. The largest absolute Gasteiger partial charge is 0.487 e. The number of hydrogen-bond donors (Lipinski definition) is 0. The molecule has 0 aliphatic carbocycles. The number of hydrogen-bond acceptors (Lipinski definition) is 3. The van der Waals surface area contributed by atoms with Crippen molar-refractivity contribution in [2.45, 2.75) is 20.0 Å². The van der Waals surface area contributed by atoms with Crippen LogP contribution in [0.3, 0.4) is 0 Å². The molecule has 1 aromatic carbocycles. The number of aryl methyl sites for hydroxylation is 1. The first-order valence-corrected chi connectivity index (χ1v) is 6.65. The Hall–Kier alpha value is -2.36. The van der Waals surface area contributed by atoms with Crippen LogP contribution in [0.1, 0.15) is 23.0 Å². The zero-order chi connectivity index (χ0) is 14.1. The van der Waals surface area contributed by atoms with E-state index in [9.17, 15) is 4.79 Å². The zero-order valence-electron chi connectivity index (χ0n) is 11.5. The van der Waals surface area contributed by atoms with E-state index in [1.807, 2.05) is 38.1 Å². The first-order valence-electron chi connectivity index (χ1n) is 6.65. The fourth-order valence-electron chi connectivity index (χ4n) is 2.37. The van der Waals surface area contributed by atoms with Gasteiger partial charge in [-0.05, 0) is 43.7 Å². The lowest BCUT2D eigenvalue weighted by Crippen LogP contribution is -2.42. The average Bonchev–Trinajstić information content (AvgIpc) is 2.47. The molecule has 2 heterocycles. The Balaban J connectivity index is 2.02. The summed E-state index contributed by atoms with van der Waals surface area (Å²) < 4.78 is 5.79. The van der Waals surface area contributed by atoms with Crippen molar-refractivity contribution in [3.05, 3.63) is 53.9 Å². The first-order chi connectivity index (χ1) is 9.65. The molecule has 1 aliphatic rings. The third kappa shape index (κ3) is 2.25. The van der Waals surface area contributed by atoms with Crippen LogP contribution in [0.25, 0.3) is 0 Å². The molecule has 4 heteroatoms. The van der Waals surface area contributed by atoms with Crippen LogP contribution in [0.2, 0.25) is 0 Å². The van der Waals surface area contributed by atoms with Gasteiger partial charge >= 0.3 is 0 Å². The number of rotatable bonds is 1. The van der Waals surface area contributed by atoms with E-state index < -0.39 is 0 Å². The number of benzene rings is 1. The Bertz CT molecular complexity index is 640. The molecule has 0 N–H and O–H groups in total. The molecule has 2 aromatic rings. The summed E-state index contributed by atoms with van der Waals surface area (Å²) in [6, 6.07) is 11.2. The number of amides is 1. The van der Waals surface area contributed by atoms with Gasteiger partial charge in [0.25, 0.3) is 5.91 Å². The summed E-state index contributed by atoms with van der Waals surface area (Å²) in [7, 11) is 0.